The van der Waals surface area contributed by atoms with Crippen LogP contribution in [-0.4, -0.2) is 21.6 Å². The number of aromatic amines is 1. The Kier molecular flexibility index (Phi) is 6.07. The molecule has 1 aliphatic rings. The smallest absolute Gasteiger partial charge is 0.255 e. The number of hydrogen-bond acceptors (Lipinski definition) is 5. The minimum Gasteiger partial charge on any atom is -0.301 e. The van der Waals surface area contributed by atoms with E-state index in [2.05, 4.69) is 9.97 Å². The number of carbonyl (C=O) groups excluding carboxylic acids is 1. The van der Waals surface area contributed by atoms with E-state index in [0.717, 1.165) is 26.7 Å². The van der Waals surface area contributed by atoms with E-state index >= 15 is 0 Å². The fourth-order valence-corrected chi connectivity index (χ4v) is 5.64. The summed E-state index contributed by atoms with van der Waals surface area (Å²) in [5.41, 5.74) is 3.98. The van der Waals surface area contributed by atoms with Gasteiger partial charge in [-0.25, -0.2) is 4.98 Å². The lowest BCUT2D eigenvalue weighted by Gasteiger charge is -2.30. The lowest BCUT2D eigenvalue weighted by Crippen LogP contribution is -2.30. The number of aryl methyl sites for hydroxylation is 1. The molecule has 2 heterocycles. The molecule has 5 nitrogen and oxygen atoms in total. The van der Waals surface area contributed by atoms with E-state index in [1.807, 2.05) is 85.8 Å². The highest BCUT2D eigenvalue weighted by molar-refractivity contribution is 8.00. The van der Waals surface area contributed by atoms with Crippen LogP contribution in [-0.2, 0) is 11.2 Å². The number of hydrogen-bond donors (Lipinski definition) is 1. The molecule has 0 spiro atoms. The summed E-state index contributed by atoms with van der Waals surface area (Å²) in [6.45, 7) is 1.84. The molecule has 0 radical (unpaired) electrons. The van der Waals surface area contributed by atoms with Gasteiger partial charge >= 0.3 is 0 Å². The average molecular weight is 472 g/mol. The van der Waals surface area contributed by atoms with Gasteiger partial charge in [0.1, 0.15) is 0 Å². The minimum absolute atomic E-state index is 0.0612. The van der Waals surface area contributed by atoms with Crippen LogP contribution in [0.2, 0.25) is 0 Å². The molecule has 1 amide bonds. The van der Waals surface area contributed by atoms with Gasteiger partial charge in [-0.2, -0.15) is 0 Å². The van der Waals surface area contributed by atoms with Crippen molar-refractivity contribution in [3.05, 3.63) is 106 Å². The summed E-state index contributed by atoms with van der Waals surface area (Å²) < 4.78 is 0. The van der Waals surface area contributed by atoms with Crippen LogP contribution in [0.4, 0.5) is 11.4 Å². The van der Waals surface area contributed by atoms with Gasteiger partial charge < -0.3 is 4.98 Å². The number of nitrogens with zero attached hydrogens (tertiary/aromatic N) is 2. The molecular formula is C26H21N3O2S2. The number of H-pyrrole nitrogens is 1. The first-order valence-corrected chi connectivity index (χ1v) is 12.4. The van der Waals surface area contributed by atoms with E-state index < -0.39 is 0 Å². The molecule has 0 fully saturated rings. The van der Waals surface area contributed by atoms with Crippen LogP contribution in [0.3, 0.4) is 0 Å². The maximum atomic E-state index is 13.4. The van der Waals surface area contributed by atoms with Gasteiger partial charge in [0, 0.05) is 27.5 Å². The first-order chi connectivity index (χ1) is 16.1. The molecular weight excluding hydrogens is 450 g/mol. The first kappa shape index (κ1) is 21.6. The summed E-state index contributed by atoms with van der Waals surface area (Å²) in [5, 5.41) is 0.454. The molecule has 0 atom stereocenters. The Labute approximate surface area is 200 Å². The number of thioether (sulfide) groups is 1. The van der Waals surface area contributed by atoms with Crippen molar-refractivity contribution in [2.24, 2.45) is 0 Å². The van der Waals surface area contributed by atoms with E-state index in [1.54, 1.807) is 16.7 Å². The number of para-hydroxylation sites is 2. The lowest BCUT2D eigenvalue weighted by atomic mass is 10.1. The van der Waals surface area contributed by atoms with Crippen LogP contribution in [0, 0.1) is 6.92 Å². The largest absolute Gasteiger partial charge is 0.301 e. The quantitative estimate of drug-likeness (QED) is 0.304. The average Bonchev–Trinajstić information content (AvgIpc) is 2.84. The molecule has 5 rings (SSSR count). The topological polar surface area (TPSA) is 66.1 Å². The number of carbonyl (C=O) groups is 1. The summed E-state index contributed by atoms with van der Waals surface area (Å²) in [4.78, 5) is 37.4. The zero-order valence-corrected chi connectivity index (χ0v) is 19.6. The molecule has 3 aromatic carbocycles. The van der Waals surface area contributed by atoms with Crippen molar-refractivity contribution in [2.45, 2.75) is 28.3 Å². The summed E-state index contributed by atoms with van der Waals surface area (Å²) in [6.07, 6.45) is 0.526. The summed E-state index contributed by atoms with van der Waals surface area (Å²) in [7, 11) is 0. The fraction of sp³-hybridized carbons (Fsp3) is 0.115. The molecule has 33 heavy (non-hydrogen) atoms. The van der Waals surface area contributed by atoms with E-state index in [1.165, 1.54) is 11.8 Å². The first-order valence-electron chi connectivity index (χ1n) is 10.6. The number of benzene rings is 3. The van der Waals surface area contributed by atoms with Crippen LogP contribution in [0.1, 0.15) is 16.8 Å². The normalized spacial score (nSPS) is 12.2. The second kappa shape index (κ2) is 9.29. The van der Waals surface area contributed by atoms with E-state index in [9.17, 15) is 9.59 Å². The van der Waals surface area contributed by atoms with Gasteiger partial charge in [-0.05, 0) is 36.8 Å². The van der Waals surface area contributed by atoms with Crippen molar-refractivity contribution in [1.82, 2.24) is 9.97 Å². The maximum Gasteiger partial charge on any atom is 0.255 e. The Morgan fingerprint density at radius 2 is 1.55 bits per heavy atom. The lowest BCUT2D eigenvalue weighted by molar-refractivity contribution is -0.115. The Bertz CT molecular complexity index is 1340. The molecule has 4 aromatic rings. The number of fused-ring (bicyclic) bond motifs is 2. The molecule has 164 valence electrons. The number of rotatable bonds is 5. The Hall–Kier alpha value is -3.29. The van der Waals surface area contributed by atoms with E-state index in [-0.39, 0.29) is 17.2 Å². The predicted octanol–water partition coefficient (Wildman–Crippen LogP) is 5.59. The number of amides is 1. The second-order valence-corrected chi connectivity index (χ2v) is 9.70. The maximum absolute atomic E-state index is 13.4. The molecule has 1 aliphatic heterocycles. The Morgan fingerprint density at radius 3 is 2.18 bits per heavy atom. The Morgan fingerprint density at radius 1 is 0.939 bits per heavy atom. The number of nitrogens with one attached hydrogen (secondary N) is 1. The minimum atomic E-state index is -0.161. The van der Waals surface area contributed by atoms with Crippen molar-refractivity contribution < 1.29 is 4.79 Å². The molecule has 0 aliphatic carbocycles. The van der Waals surface area contributed by atoms with Gasteiger partial charge in [-0.15, -0.1) is 0 Å². The third-order valence-corrected chi connectivity index (χ3v) is 7.43. The van der Waals surface area contributed by atoms with Crippen LogP contribution < -0.4 is 10.5 Å². The summed E-state index contributed by atoms with van der Waals surface area (Å²) >= 11 is 2.91. The van der Waals surface area contributed by atoms with Crippen molar-refractivity contribution in [3.63, 3.8) is 0 Å². The van der Waals surface area contributed by atoms with Crippen molar-refractivity contribution in [1.29, 1.82) is 0 Å². The third kappa shape index (κ3) is 4.47. The molecule has 1 N–H and O–H groups in total. The summed E-state index contributed by atoms with van der Waals surface area (Å²) in [5.74, 6) is 0.0992. The fourth-order valence-electron chi connectivity index (χ4n) is 3.83. The van der Waals surface area contributed by atoms with Crippen LogP contribution in [0.5, 0.6) is 0 Å². The molecule has 0 saturated heterocycles. The molecule has 0 unspecified atom stereocenters. The van der Waals surface area contributed by atoms with Crippen LogP contribution in [0.15, 0.2) is 98.6 Å². The molecule has 7 heteroatoms. The van der Waals surface area contributed by atoms with Gasteiger partial charge in [-0.3, -0.25) is 14.5 Å². The SMILES string of the molecule is Cc1nc(SCC(=O)N2c3ccccc3Sc3ccccc32)[nH]c(=O)c1Cc1ccccc1. The highest BCUT2D eigenvalue weighted by atomic mass is 32.2. The zero-order chi connectivity index (χ0) is 22.8. The van der Waals surface area contributed by atoms with Crippen LogP contribution in [0.25, 0.3) is 0 Å². The highest BCUT2D eigenvalue weighted by Gasteiger charge is 2.27. The van der Waals surface area contributed by atoms with Gasteiger partial charge in [0.05, 0.1) is 17.1 Å². The van der Waals surface area contributed by atoms with Crippen molar-refractivity contribution in [2.75, 3.05) is 10.7 Å². The second-order valence-electron chi connectivity index (χ2n) is 7.65. The standard InChI is InChI=1S/C26H21N3O2S2/c1-17-19(15-18-9-3-2-4-10-18)25(31)28-26(27-17)32-16-24(30)29-20-11-5-7-13-22(20)33-23-14-8-6-12-21(23)29/h2-14H,15-16H2,1H3,(H,27,28,31). The van der Waals surface area contributed by atoms with E-state index in [0.29, 0.717) is 22.8 Å². The number of aromatic nitrogens is 2. The summed E-state index contributed by atoms with van der Waals surface area (Å²) in [6, 6.07) is 25.7. The van der Waals surface area contributed by atoms with Gasteiger partial charge in [0.15, 0.2) is 5.16 Å². The Balaban J connectivity index is 1.36. The molecule has 1 aromatic heterocycles. The highest BCUT2D eigenvalue weighted by Crippen LogP contribution is 2.48. The van der Waals surface area contributed by atoms with Gasteiger partial charge in [-0.1, -0.05) is 78.1 Å². The van der Waals surface area contributed by atoms with E-state index in [4.69, 9.17) is 0 Å². The monoisotopic (exact) mass is 471 g/mol. The van der Waals surface area contributed by atoms with Crippen molar-refractivity contribution >= 4 is 40.8 Å². The van der Waals surface area contributed by atoms with Gasteiger partial charge in [0.2, 0.25) is 5.91 Å². The van der Waals surface area contributed by atoms with Crippen LogP contribution >= 0.6 is 23.5 Å². The van der Waals surface area contributed by atoms with Crippen molar-refractivity contribution in [3.8, 4) is 0 Å². The zero-order valence-electron chi connectivity index (χ0n) is 17.9. The molecule has 0 bridgehead atoms. The number of anilines is 2. The molecule has 0 saturated carbocycles. The van der Waals surface area contributed by atoms with Gasteiger partial charge in [0.25, 0.3) is 5.56 Å². The third-order valence-electron chi connectivity index (χ3n) is 5.44. The predicted molar refractivity (Wildman–Crippen MR) is 134 cm³/mol.